The number of tetrazole rings is 1. The maximum Gasteiger partial charge on any atom is 0.408 e. The standard InChI is InChI=1S/C12H9F3N8OS2/c1-21-9(24)8-6(2-3-25-8)23-7(16-17-10(21)23)4-26-11-18-19-20-22(11)5-12(13,14)15/h2-3H,4-5H2,1H3. The summed E-state index contributed by atoms with van der Waals surface area (Å²) in [6, 6.07) is 1.78. The Balaban J connectivity index is 1.70. The van der Waals surface area contributed by atoms with E-state index in [4.69, 9.17) is 0 Å². The minimum Gasteiger partial charge on any atom is -0.279 e. The number of aromatic nitrogens is 8. The second-order valence-corrected chi connectivity index (χ2v) is 7.13. The number of hydrogen-bond acceptors (Lipinski definition) is 8. The molecule has 0 saturated carbocycles. The topological polar surface area (TPSA) is 95.8 Å². The van der Waals surface area contributed by atoms with Crippen LogP contribution in [0.15, 0.2) is 21.4 Å². The molecule has 0 atom stereocenters. The lowest BCUT2D eigenvalue weighted by molar-refractivity contribution is -0.144. The van der Waals surface area contributed by atoms with E-state index in [1.165, 1.54) is 15.9 Å². The van der Waals surface area contributed by atoms with Gasteiger partial charge in [0.25, 0.3) is 5.56 Å². The fraction of sp³-hybridized carbons (Fsp3) is 0.333. The Bertz CT molecular complexity index is 1160. The van der Waals surface area contributed by atoms with Crippen LogP contribution in [0, 0.1) is 0 Å². The Kier molecular flexibility index (Phi) is 3.95. The molecule has 0 aliphatic rings. The molecule has 0 unspecified atom stereocenters. The number of rotatable bonds is 4. The van der Waals surface area contributed by atoms with E-state index in [1.54, 1.807) is 22.9 Å². The second-order valence-electron chi connectivity index (χ2n) is 5.27. The molecule has 4 aromatic rings. The number of hydrogen-bond donors (Lipinski definition) is 0. The van der Waals surface area contributed by atoms with Crippen molar-refractivity contribution in [3.8, 4) is 0 Å². The van der Waals surface area contributed by atoms with E-state index in [9.17, 15) is 18.0 Å². The van der Waals surface area contributed by atoms with Crippen LogP contribution in [0.2, 0.25) is 0 Å². The van der Waals surface area contributed by atoms with Crippen LogP contribution in [0.4, 0.5) is 13.2 Å². The molecule has 0 saturated heterocycles. The lowest BCUT2D eigenvalue weighted by Crippen LogP contribution is -2.19. The van der Waals surface area contributed by atoms with Crippen molar-refractivity contribution in [1.29, 1.82) is 0 Å². The molecule has 4 rings (SSSR count). The zero-order valence-electron chi connectivity index (χ0n) is 13.0. The van der Waals surface area contributed by atoms with Crippen molar-refractivity contribution in [1.82, 2.24) is 39.4 Å². The summed E-state index contributed by atoms with van der Waals surface area (Å²) in [5.74, 6) is 1.01. The first-order chi connectivity index (χ1) is 12.3. The first-order valence-corrected chi connectivity index (χ1v) is 8.97. The maximum atomic E-state index is 12.6. The van der Waals surface area contributed by atoms with Gasteiger partial charge in [-0.3, -0.25) is 13.8 Å². The molecule has 0 fully saturated rings. The van der Waals surface area contributed by atoms with Crippen molar-refractivity contribution in [3.63, 3.8) is 0 Å². The van der Waals surface area contributed by atoms with E-state index >= 15 is 0 Å². The predicted molar refractivity (Wildman–Crippen MR) is 87.0 cm³/mol. The molecule has 0 aliphatic carbocycles. The maximum absolute atomic E-state index is 12.6. The molecule has 14 heteroatoms. The van der Waals surface area contributed by atoms with Crippen LogP contribution < -0.4 is 5.56 Å². The van der Waals surface area contributed by atoms with Gasteiger partial charge in [0, 0.05) is 7.05 Å². The first kappa shape index (κ1) is 17.0. The molecular formula is C12H9F3N8OS2. The van der Waals surface area contributed by atoms with Crippen molar-refractivity contribution in [2.24, 2.45) is 7.05 Å². The van der Waals surface area contributed by atoms with Gasteiger partial charge < -0.3 is 0 Å². The molecule has 0 N–H and O–H groups in total. The third-order valence-electron chi connectivity index (χ3n) is 3.56. The second kappa shape index (κ2) is 6.05. The number of halogens is 3. The Morgan fingerprint density at radius 3 is 2.85 bits per heavy atom. The molecule has 4 aromatic heterocycles. The van der Waals surface area contributed by atoms with Crippen LogP contribution in [0.3, 0.4) is 0 Å². The predicted octanol–water partition coefficient (Wildman–Crippen LogP) is 1.48. The van der Waals surface area contributed by atoms with Crippen LogP contribution in [0.25, 0.3) is 16.0 Å². The summed E-state index contributed by atoms with van der Waals surface area (Å²) in [4.78, 5) is 12.3. The smallest absolute Gasteiger partial charge is 0.279 e. The largest absolute Gasteiger partial charge is 0.408 e. The van der Waals surface area contributed by atoms with Gasteiger partial charge in [-0.2, -0.15) is 13.2 Å². The third kappa shape index (κ3) is 2.84. The van der Waals surface area contributed by atoms with Gasteiger partial charge in [-0.25, -0.2) is 4.68 Å². The van der Waals surface area contributed by atoms with E-state index in [2.05, 4.69) is 25.7 Å². The van der Waals surface area contributed by atoms with Crippen LogP contribution in [-0.4, -0.2) is 45.5 Å². The van der Waals surface area contributed by atoms with Gasteiger partial charge in [-0.05, 0) is 21.9 Å². The average molecular weight is 402 g/mol. The quantitative estimate of drug-likeness (QED) is 0.477. The van der Waals surface area contributed by atoms with Gasteiger partial charge in [0.1, 0.15) is 17.1 Å². The molecule has 9 nitrogen and oxygen atoms in total. The van der Waals surface area contributed by atoms with E-state index in [0.29, 0.717) is 26.5 Å². The van der Waals surface area contributed by atoms with Gasteiger partial charge in [0.2, 0.25) is 10.9 Å². The fourth-order valence-electron chi connectivity index (χ4n) is 2.44. The Hall–Kier alpha value is -2.48. The average Bonchev–Trinajstić information content (AvgIpc) is 3.28. The van der Waals surface area contributed by atoms with Crippen LogP contribution >= 0.6 is 23.1 Å². The Morgan fingerprint density at radius 1 is 1.27 bits per heavy atom. The molecule has 136 valence electrons. The van der Waals surface area contributed by atoms with Gasteiger partial charge in [-0.15, -0.1) is 26.6 Å². The molecule has 4 heterocycles. The highest BCUT2D eigenvalue weighted by Crippen LogP contribution is 2.25. The SMILES string of the molecule is Cn1c(=O)c2sccc2n2c(CSc3nnnn3CC(F)(F)F)nnc12. The minimum absolute atomic E-state index is 0.0189. The number of aryl methyl sites for hydroxylation is 1. The highest BCUT2D eigenvalue weighted by Gasteiger charge is 2.30. The minimum atomic E-state index is -4.42. The number of nitrogens with zero attached hydrogens (tertiary/aromatic N) is 8. The van der Waals surface area contributed by atoms with E-state index < -0.39 is 12.7 Å². The van der Waals surface area contributed by atoms with Crippen molar-refractivity contribution in [2.75, 3.05) is 0 Å². The Morgan fingerprint density at radius 2 is 2.08 bits per heavy atom. The first-order valence-electron chi connectivity index (χ1n) is 7.11. The van der Waals surface area contributed by atoms with E-state index in [-0.39, 0.29) is 16.5 Å². The van der Waals surface area contributed by atoms with Gasteiger partial charge >= 0.3 is 6.18 Å². The van der Waals surface area contributed by atoms with Crippen molar-refractivity contribution < 1.29 is 13.2 Å². The summed E-state index contributed by atoms with van der Waals surface area (Å²) >= 11 is 2.31. The number of thiophene rings is 1. The van der Waals surface area contributed by atoms with E-state index in [1.807, 2.05) is 0 Å². The van der Waals surface area contributed by atoms with Gasteiger partial charge in [-0.1, -0.05) is 11.8 Å². The highest BCUT2D eigenvalue weighted by molar-refractivity contribution is 7.98. The lowest BCUT2D eigenvalue weighted by atomic mass is 10.4. The molecule has 0 radical (unpaired) electrons. The van der Waals surface area contributed by atoms with Gasteiger partial charge in [0.05, 0.1) is 11.3 Å². The number of fused-ring (bicyclic) bond motifs is 3. The monoisotopic (exact) mass is 402 g/mol. The molecule has 0 spiro atoms. The lowest BCUT2D eigenvalue weighted by Gasteiger charge is -2.07. The molecule has 0 aliphatic heterocycles. The van der Waals surface area contributed by atoms with Crippen molar-refractivity contribution >= 4 is 39.1 Å². The zero-order valence-corrected chi connectivity index (χ0v) is 14.6. The highest BCUT2D eigenvalue weighted by atomic mass is 32.2. The van der Waals surface area contributed by atoms with Crippen molar-refractivity contribution in [3.05, 3.63) is 27.6 Å². The summed E-state index contributed by atoms with van der Waals surface area (Å²) in [6.07, 6.45) is -4.42. The third-order valence-corrected chi connectivity index (χ3v) is 5.40. The molecule has 0 aromatic carbocycles. The molecule has 0 amide bonds. The summed E-state index contributed by atoms with van der Waals surface area (Å²) in [5.41, 5.74) is 0.479. The fourth-order valence-corrected chi connectivity index (χ4v) is 4.08. The summed E-state index contributed by atoms with van der Waals surface area (Å²) in [6.45, 7) is -1.27. The summed E-state index contributed by atoms with van der Waals surface area (Å²) < 4.78 is 42.0. The Labute approximate surface area is 150 Å². The molecular weight excluding hydrogens is 393 g/mol. The van der Waals surface area contributed by atoms with Crippen LogP contribution in [0.1, 0.15) is 5.82 Å². The van der Waals surface area contributed by atoms with E-state index in [0.717, 1.165) is 11.8 Å². The van der Waals surface area contributed by atoms with Crippen LogP contribution in [-0.2, 0) is 19.3 Å². The van der Waals surface area contributed by atoms with Crippen LogP contribution in [0.5, 0.6) is 0 Å². The number of thioether (sulfide) groups is 1. The number of alkyl halides is 3. The normalized spacial score (nSPS) is 12.5. The summed E-state index contributed by atoms with van der Waals surface area (Å²) in [5, 5.41) is 20.2. The van der Waals surface area contributed by atoms with Crippen molar-refractivity contribution in [2.45, 2.75) is 23.6 Å². The molecule has 0 bridgehead atoms. The summed E-state index contributed by atoms with van der Waals surface area (Å²) in [7, 11) is 1.59. The zero-order chi connectivity index (χ0) is 18.5. The molecule has 26 heavy (non-hydrogen) atoms. The van der Waals surface area contributed by atoms with Gasteiger partial charge in [0.15, 0.2) is 0 Å².